The van der Waals surface area contributed by atoms with Gasteiger partial charge in [-0.05, 0) is 12.1 Å². The summed E-state index contributed by atoms with van der Waals surface area (Å²) in [5, 5.41) is 22.8. The van der Waals surface area contributed by atoms with Crippen molar-refractivity contribution in [2.75, 3.05) is 37.4 Å². The molecule has 1 aliphatic carbocycles. The van der Waals surface area contributed by atoms with E-state index in [1.807, 2.05) is 0 Å². The molecule has 13 heteroatoms. The quantitative estimate of drug-likeness (QED) is 0.391. The van der Waals surface area contributed by atoms with Crippen LogP contribution in [-0.4, -0.2) is 69.0 Å². The Balaban J connectivity index is 1.40. The van der Waals surface area contributed by atoms with Crippen LogP contribution < -0.4 is 21.5 Å². The van der Waals surface area contributed by atoms with E-state index in [1.165, 1.54) is 21.5 Å². The smallest absolute Gasteiger partial charge is 0.274 e. The van der Waals surface area contributed by atoms with Gasteiger partial charge in [-0.3, -0.25) is 9.59 Å². The van der Waals surface area contributed by atoms with Gasteiger partial charge >= 0.3 is 0 Å². The van der Waals surface area contributed by atoms with Crippen LogP contribution in [-0.2, 0) is 4.74 Å². The molecule has 4 heterocycles. The van der Waals surface area contributed by atoms with E-state index in [9.17, 15) is 23.5 Å². The summed E-state index contributed by atoms with van der Waals surface area (Å²) in [7, 11) is 1.67. The van der Waals surface area contributed by atoms with E-state index in [0.717, 1.165) is 0 Å². The van der Waals surface area contributed by atoms with Gasteiger partial charge in [-0.1, -0.05) is 0 Å². The van der Waals surface area contributed by atoms with Gasteiger partial charge in [0.2, 0.25) is 0 Å². The second kappa shape index (κ2) is 8.89. The van der Waals surface area contributed by atoms with Crippen molar-refractivity contribution >= 4 is 28.9 Å². The van der Waals surface area contributed by atoms with E-state index < -0.39 is 29.5 Å². The van der Waals surface area contributed by atoms with E-state index in [0.29, 0.717) is 12.4 Å². The van der Waals surface area contributed by atoms with Crippen LogP contribution in [0.4, 0.5) is 26.1 Å². The number of aliphatic hydroxyl groups is 1. The van der Waals surface area contributed by atoms with Crippen molar-refractivity contribution in [1.29, 1.82) is 0 Å². The van der Waals surface area contributed by atoms with Gasteiger partial charge in [0.1, 0.15) is 22.9 Å². The van der Waals surface area contributed by atoms with E-state index in [-0.39, 0.29) is 54.6 Å². The topological polar surface area (TPSA) is 135 Å². The first-order chi connectivity index (χ1) is 16.8. The van der Waals surface area contributed by atoms with E-state index in [4.69, 9.17) is 4.74 Å². The summed E-state index contributed by atoms with van der Waals surface area (Å²) < 4.78 is 34.6. The molecule has 2 aliphatic rings. The van der Waals surface area contributed by atoms with Crippen LogP contribution in [0.15, 0.2) is 35.4 Å². The zero-order valence-electron chi connectivity index (χ0n) is 18.9. The maximum Gasteiger partial charge on any atom is 0.274 e. The molecule has 2 atom stereocenters. The standard InChI is InChI=1S/C22H25F2N7O4/c1-25-18-5-17(28-15-3-2-4-30(21(15)34)13-6-22(23,24)7-13)29-19-14(9-27-31(18)19)20(33)26-8-12-10-35-11-16(12)32/h2-5,9,12-13,16,25,32H,6-8,10-11H2,1H3,(H,26,33)(H,28,29)/t12-,16+/m0/s1. The zero-order valence-corrected chi connectivity index (χ0v) is 18.9. The number of nitrogens with one attached hydrogen (secondary N) is 3. The molecular weight excluding hydrogens is 464 g/mol. The number of hydrogen-bond acceptors (Lipinski definition) is 8. The van der Waals surface area contributed by atoms with Gasteiger partial charge in [0, 0.05) is 50.7 Å². The number of carbonyl (C=O) groups is 1. The van der Waals surface area contributed by atoms with Gasteiger partial charge in [0.15, 0.2) is 5.65 Å². The summed E-state index contributed by atoms with van der Waals surface area (Å²) in [5.74, 6) is -2.59. The number of pyridine rings is 1. The predicted octanol–water partition coefficient (Wildman–Crippen LogP) is 1.38. The van der Waals surface area contributed by atoms with Gasteiger partial charge in [-0.15, -0.1) is 0 Å². The number of alkyl halides is 2. The lowest BCUT2D eigenvalue weighted by molar-refractivity contribution is -0.104. The second-order valence-corrected chi connectivity index (χ2v) is 8.82. The fraction of sp³-hybridized carbons (Fsp3) is 0.455. The third-order valence-electron chi connectivity index (χ3n) is 6.36. The lowest BCUT2D eigenvalue weighted by Gasteiger charge is -2.36. The molecule has 0 spiro atoms. The largest absolute Gasteiger partial charge is 0.390 e. The summed E-state index contributed by atoms with van der Waals surface area (Å²) >= 11 is 0. The average molecular weight is 489 g/mol. The number of fused-ring (bicyclic) bond motifs is 1. The Hall–Kier alpha value is -3.58. The number of aliphatic hydroxyl groups excluding tert-OH is 1. The highest BCUT2D eigenvalue weighted by molar-refractivity contribution is 6.00. The minimum Gasteiger partial charge on any atom is -0.390 e. The third kappa shape index (κ3) is 4.44. The number of anilines is 3. The number of rotatable bonds is 7. The SMILES string of the molecule is CNc1cc(Nc2cccn(C3CC(F)(F)C3)c2=O)nc2c(C(=O)NC[C@H]3COC[C@H]3O)cnn12. The maximum atomic E-state index is 13.3. The van der Waals surface area contributed by atoms with Crippen molar-refractivity contribution in [1.82, 2.24) is 24.5 Å². The van der Waals surface area contributed by atoms with Crippen LogP contribution in [0, 0.1) is 5.92 Å². The van der Waals surface area contributed by atoms with E-state index in [1.54, 1.807) is 25.2 Å². The van der Waals surface area contributed by atoms with Crippen LogP contribution in [0.5, 0.6) is 0 Å². The molecule has 1 saturated carbocycles. The van der Waals surface area contributed by atoms with Crippen LogP contribution in [0.2, 0.25) is 0 Å². The highest BCUT2D eigenvalue weighted by Crippen LogP contribution is 2.44. The van der Waals surface area contributed by atoms with Crippen molar-refractivity contribution in [2.24, 2.45) is 5.92 Å². The lowest BCUT2D eigenvalue weighted by atomic mass is 9.88. The summed E-state index contributed by atoms with van der Waals surface area (Å²) in [6.07, 6.45) is 1.50. The molecule has 2 fully saturated rings. The molecule has 1 amide bonds. The van der Waals surface area contributed by atoms with Gasteiger partial charge in [0.05, 0.1) is 25.5 Å². The van der Waals surface area contributed by atoms with Gasteiger partial charge in [-0.2, -0.15) is 9.61 Å². The second-order valence-electron chi connectivity index (χ2n) is 8.82. The highest BCUT2D eigenvalue weighted by atomic mass is 19.3. The summed E-state index contributed by atoms with van der Waals surface area (Å²) in [5.41, 5.74) is 0.183. The summed E-state index contributed by atoms with van der Waals surface area (Å²) in [6.45, 7) is 0.835. The third-order valence-corrected chi connectivity index (χ3v) is 6.36. The van der Waals surface area contributed by atoms with Crippen molar-refractivity contribution < 1.29 is 23.4 Å². The number of hydrogen-bond donors (Lipinski definition) is 4. The van der Waals surface area contributed by atoms with Gasteiger partial charge < -0.3 is 30.4 Å². The summed E-state index contributed by atoms with van der Waals surface area (Å²) in [6, 6.07) is 4.20. The predicted molar refractivity (Wildman–Crippen MR) is 122 cm³/mol. The minimum atomic E-state index is -2.75. The van der Waals surface area contributed by atoms with Crippen LogP contribution in [0.3, 0.4) is 0 Å². The molecule has 1 saturated heterocycles. The van der Waals surface area contributed by atoms with Gasteiger partial charge in [0.25, 0.3) is 17.4 Å². The minimum absolute atomic E-state index is 0.169. The molecule has 1 aliphatic heterocycles. The molecule has 11 nitrogen and oxygen atoms in total. The molecule has 3 aromatic rings. The molecule has 5 rings (SSSR count). The first-order valence-electron chi connectivity index (χ1n) is 11.2. The Kier molecular flexibility index (Phi) is 5.89. The Labute approximate surface area is 198 Å². The average Bonchev–Trinajstić information content (AvgIpc) is 3.42. The number of carbonyl (C=O) groups excluding carboxylic acids is 1. The normalized spacial score (nSPS) is 21.6. The highest BCUT2D eigenvalue weighted by Gasteiger charge is 2.46. The molecule has 35 heavy (non-hydrogen) atoms. The molecule has 0 aromatic carbocycles. The van der Waals surface area contributed by atoms with Crippen molar-refractivity contribution in [3.05, 3.63) is 46.5 Å². The van der Waals surface area contributed by atoms with Crippen molar-refractivity contribution in [3.8, 4) is 0 Å². The number of amides is 1. The Morgan fingerprint density at radius 2 is 2.14 bits per heavy atom. The number of ether oxygens (including phenoxy) is 1. The van der Waals surface area contributed by atoms with Crippen LogP contribution in [0.1, 0.15) is 29.2 Å². The Morgan fingerprint density at radius 3 is 2.83 bits per heavy atom. The Morgan fingerprint density at radius 1 is 1.34 bits per heavy atom. The van der Waals surface area contributed by atoms with Crippen LogP contribution in [0.25, 0.3) is 5.65 Å². The van der Waals surface area contributed by atoms with Crippen molar-refractivity contribution in [2.45, 2.75) is 30.9 Å². The Bertz CT molecular complexity index is 1320. The molecule has 0 radical (unpaired) electrons. The maximum absolute atomic E-state index is 13.3. The number of nitrogens with zero attached hydrogens (tertiary/aromatic N) is 4. The number of halogens is 2. The van der Waals surface area contributed by atoms with Crippen molar-refractivity contribution in [3.63, 3.8) is 0 Å². The molecule has 3 aromatic heterocycles. The monoisotopic (exact) mass is 489 g/mol. The molecule has 0 unspecified atom stereocenters. The molecule has 186 valence electrons. The first-order valence-corrected chi connectivity index (χ1v) is 11.2. The molecular formula is C22H25F2N7O4. The number of aromatic nitrogens is 4. The first kappa shape index (κ1) is 23.2. The fourth-order valence-corrected chi connectivity index (χ4v) is 4.32. The van der Waals surface area contributed by atoms with E-state index in [2.05, 4.69) is 26.0 Å². The van der Waals surface area contributed by atoms with E-state index >= 15 is 0 Å². The lowest BCUT2D eigenvalue weighted by Crippen LogP contribution is -2.41. The molecule has 0 bridgehead atoms. The zero-order chi connectivity index (χ0) is 24.7. The molecule has 4 N–H and O–H groups in total. The van der Waals surface area contributed by atoms with Gasteiger partial charge in [-0.25, -0.2) is 13.8 Å². The summed E-state index contributed by atoms with van der Waals surface area (Å²) in [4.78, 5) is 30.2. The van der Waals surface area contributed by atoms with Crippen LogP contribution >= 0.6 is 0 Å². The fourth-order valence-electron chi connectivity index (χ4n) is 4.32.